The summed E-state index contributed by atoms with van der Waals surface area (Å²) in [4.78, 5) is 29.4. The fourth-order valence-electron chi connectivity index (χ4n) is 3.91. The summed E-state index contributed by atoms with van der Waals surface area (Å²) in [5.74, 6) is -0.391. The monoisotopic (exact) mass is 489 g/mol. The minimum atomic E-state index is -0.594. The summed E-state index contributed by atoms with van der Waals surface area (Å²) in [6.45, 7) is 9.21. The van der Waals surface area contributed by atoms with Crippen LogP contribution in [0.4, 0.5) is 9.18 Å². The molecule has 8 heteroatoms. The summed E-state index contributed by atoms with van der Waals surface area (Å²) in [5.41, 5.74) is 1.39. The van der Waals surface area contributed by atoms with Crippen molar-refractivity contribution in [2.45, 2.75) is 45.3 Å². The smallest absolute Gasteiger partial charge is 0.407 e. The second kappa shape index (κ2) is 11.7. The molecule has 0 saturated carbocycles. The van der Waals surface area contributed by atoms with Gasteiger partial charge in [-0.05, 0) is 56.2 Å². The molecule has 0 radical (unpaired) electrons. The molecule has 34 heavy (non-hydrogen) atoms. The zero-order valence-corrected chi connectivity index (χ0v) is 20.8. The van der Waals surface area contributed by atoms with Gasteiger partial charge in [0, 0.05) is 56.6 Å². The quantitative estimate of drug-likeness (QED) is 0.605. The van der Waals surface area contributed by atoms with Gasteiger partial charge in [-0.2, -0.15) is 0 Å². The van der Waals surface area contributed by atoms with Crippen molar-refractivity contribution in [3.8, 4) is 0 Å². The lowest BCUT2D eigenvalue weighted by Gasteiger charge is -2.35. The van der Waals surface area contributed by atoms with Crippen LogP contribution in [0.25, 0.3) is 0 Å². The van der Waals surface area contributed by atoms with E-state index in [2.05, 4.69) is 10.2 Å². The molecule has 0 aromatic heterocycles. The van der Waals surface area contributed by atoms with Crippen molar-refractivity contribution in [2.75, 3.05) is 32.7 Å². The van der Waals surface area contributed by atoms with E-state index >= 15 is 0 Å². The molecule has 6 nitrogen and oxygen atoms in total. The largest absolute Gasteiger partial charge is 0.444 e. The number of halogens is 2. The lowest BCUT2D eigenvalue weighted by molar-refractivity contribution is -0.133. The Hall–Kier alpha value is -2.64. The van der Waals surface area contributed by atoms with Crippen LogP contribution in [0.2, 0.25) is 5.02 Å². The number of hydrogen-bond acceptors (Lipinski definition) is 4. The topological polar surface area (TPSA) is 61.9 Å². The number of piperazine rings is 1. The Balaban J connectivity index is 1.56. The molecule has 1 saturated heterocycles. The van der Waals surface area contributed by atoms with Gasteiger partial charge in [-0.1, -0.05) is 35.9 Å². The first-order valence-electron chi connectivity index (χ1n) is 11.6. The Bertz CT molecular complexity index is 953. The predicted octanol–water partition coefficient (Wildman–Crippen LogP) is 4.82. The van der Waals surface area contributed by atoms with Crippen LogP contribution in [0.15, 0.2) is 48.5 Å². The van der Waals surface area contributed by atoms with Gasteiger partial charge in [0.05, 0.1) is 0 Å². The Kier molecular flexibility index (Phi) is 8.91. The molecule has 1 aliphatic heterocycles. The summed E-state index contributed by atoms with van der Waals surface area (Å²) in [6.07, 6.45) is -0.233. The van der Waals surface area contributed by atoms with Gasteiger partial charge in [0.2, 0.25) is 5.91 Å². The minimum absolute atomic E-state index is 0.0485. The van der Waals surface area contributed by atoms with Crippen molar-refractivity contribution < 1.29 is 18.7 Å². The van der Waals surface area contributed by atoms with Crippen LogP contribution < -0.4 is 5.32 Å². The third-order valence-electron chi connectivity index (χ3n) is 5.70. The Morgan fingerprint density at radius 2 is 1.65 bits per heavy atom. The van der Waals surface area contributed by atoms with Crippen LogP contribution in [0.5, 0.6) is 0 Å². The van der Waals surface area contributed by atoms with Gasteiger partial charge in [-0.15, -0.1) is 0 Å². The van der Waals surface area contributed by atoms with E-state index in [1.165, 1.54) is 12.1 Å². The van der Waals surface area contributed by atoms with E-state index in [0.717, 1.165) is 30.8 Å². The normalized spacial score (nSPS) is 15.6. The molecule has 1 unspecified atom stereocenters. The Morgan fingerprint density at radius 1 is 1.03 bits per heavy atom. The molecular formula is C26H33ClFN3O3. The Morgan fingerprint density at radius 3 is 2.24 bits per heavy atom. The molecule has 2 amide bonds. The number of ether oxygens (including phenoxy) is 1. The highest BCUT2D eigenvalue weighted by molar-refractivity contribution is 6.30. The molecule has 1 heterocycles. The van der Waals surface area contributed by atoms with Crippen molar-refractivity contribution in [1.29, 1.82) is 0 Å². The maximum atomic E-state index is 13.1. The molecule has 184 valence electrons. The van der Waals surface area contributed by atoms with Crippen LogP contribution in [-0.2, 0) is 16.1 Å². The zero-order valence-electron chi connectivity index (χ0n) is 20.0. The molecule has 0 spiro atoms. The number of rotatable bonds is 7. The third-order valence-corrected chi connectivity index (χ3v) is 5.95. The van der Waals surface area contributed by atoms with Gasteiger partial charge in [-0.25, -0.2) is 9.18 Å². The maximum absolute atomic E-state index is 13.1. The summed E-state index contributed by atoms with van der Waals surface area (Å²) in [5, 5.41) is 3.42. The summed E-state index contributed by atoms with van der Waals surface area (Å²) in [7, 11) is 0. The third kappa shape index (κ3) is 8.29. The van der Waals surface area contributed by atoms with Gasteiger partial charge in [0.25, 0.3) is 0 Å². The first-order valence-corrected chi connectivity index (χ1v) is 11.9. The highest BCUT2D eigenvalue weighted by atomic mass is 35.5. The van der Waals surface area contributed by atoms with Gasteiger partial charge in [-0.3, -0.25) is 9.69 Å². The average Bonchev–Trinajstić information content (AvgIpc) is 2.78. The summed E-state index contributed by atoms with van der Waals surface area (Å²) >= 11 is 6.04. The second-order valence-electron chi connectivity index (χ2n) is 9.62. The van der Waals surface area contributed by atoms with Gasteiger partial charge < -0.3 is 15.0 Å². The van der Waals surface area contributed by atoms with Crippen LogP contribution in [-0.4, -0.2) is 60.1 Å². The van der Waals surface area contributed by atoms with Crippen molar-refractivity contribution in [3.63, 3.8) is 0 Å². The first-order chi connectivity index (χ1) is 16.1. The number of amides is 2. The molecule has 2 aromatic rings. The molecule has 0 aliphatic carbocycles. The number of carbonyl (C=O) groups excluding carboxylic acids is 2. The number of benzene rings is 2. The molecule has 3 rings (SSSR count). The van der Waals surface area contributed by atoms with Gasteiger partial charge >= 0.3 is 6.09 Å². The highest BCUT2D eigenvalue weighted by Gasteiger charge is 2.25. The number of nitrogens with zero attached hydrogens (tertiary/aromatic N) is 2. The van der Waals surface area contributed by atoms with Crippen molar-refractivity contribution in [1.82, 2.24) is 15.1 Å². The van der Waals surface area contributed by atoms with Crippen LogP contribution in [0.1, 0.15) is 44.2 Å². The molecule has 1 aliphatic rings. The molecule has 1 atom stereocenters. The predicted molar refractivity (Wildman–Crippen MR) is 131 cm³/mol. The highest BCUT2D eigenvalue weighted by Crippen LogP contribution is 2.23. The lowest BCUT2D eigenvalue weighted by Crippen LogP contribution is -2.48. The van der Waals surface area contributed by atoms with E-state index in [9.17, 15) is 14.0 Å². The van der Waals surface area contributed by atoms with Crippen LogP contribution in [0, 0.1) is 5.82 Å². The van der Waals surface area contributed by atoms with Gasteiger partial charge in [0.15, 0.2) is 0 Å². The standard InChI is InChI=1S/C26H33ClFN3O3/c1-26(2,3)34-25(33)29-17-21(20-6-8-22(27)9-7-20)16-24(32)31-14-12-30(13-15-31)18-19-4-10-23(28)11-5-19/h4-11,21H,12-18H2,1-3H3,(H,29,33). The molecule has 2 aromatic carbocycles. The number of hydrogen-bond donors (Lipinski definition) is 1. The van der Waals surface area contributed by atoms with E-state index in [0.29, 0.717) is 18.1 Å². The molecule has 1 N–H and O–H groups in total. The van der Waals surface area contributed by atoms with Gasteiger partial charge in [0.1, 0.15) is 11.4 Å². The van der Waals surface area contributed by atoms with Crippen molar-refractivity contribution >= 4 is 23.6 Å². The van der Waals surface area contributed by atoms with E-state index in [1.54, 1.807) is 24.3 Å². The Labute approximate surface area is 206 Å². The van der Waals surface area contributed by atoms with E-state index in [1.807, 2.05) is 37.8 Å². The fraction of sp³-hybridized carbons (Fsp3) is 0.462. The van der Waals surface area contributed by atoms with Crippen molar-refractivity contribution in [3.05, 3.63) is 70.5 Å². The number of carbonyl (C=O) groups is 2. The minimum Gasteiger partial charge on any atom is -0.444 e. The molecular weight excluding hydrogens is 457 g/mol. The van der Waals surface area contributed by atoms with Crippen LogP contribution >= 0.6 is 11.6 Å². The average molecular weight is 490 g/mol. The zero-order chi connectivity index (χ0) is 24.7. The van der Waals surface area contributed by atoms with Crippen LogP contribution in [0.3, 0.4) is 0 Å². The number of alkyl carbamates (subject to hydrolysis) is 1. The summed E-state index contributed by atoms with van der Waals surface area (Å²) in [6, 6.07) is 13.9. The maximum Gasteiger partial charge on any atom is 0.407 e. The van der Waals surface area contributed by atoms with E-state index in [4.69, 9.17) is 16.3 Å². The summed E-state index contributed by atoms with van der Waals surface area (Å²) < 4.78 is 18.5. The molecule has 0 bridgehead atoms. The van der Waals surface area contributed by atoms with Crippen molar-refractivity contribution in [2.24, 2.45) is 0 Å². The first kappa shape index (κ1) is 26.0. The SMILES string of the molecule is CC(C)(C)OC(=O)NCC(CC(=O)N1CCN(Cc2ccc(F)cc2)CC1)c1ccc(Cl)cc1. The van der Waals surface area contributed by atoms with E-state index in [-0.39, 0.29) is 30.6 Å². The molecule has 1 fully saturated rings. The fourth-order valence-corrected chi connectivity index (χ4v) is 4.03. The number of nitrogens with one attached hydrogen (secondary N) is 1. The lowest BCUT2D eigenvalue weighted by atomic mass is 9.95. The van der Waals surface area contributed by atoms with E-state index < -0.39 is 11.7 Å². The second-order valence-corrected chi connectivity index (χ2v) is 10.1.